The van der Waals surface area contributed by atoms with Crippen LogP contribution in [-0.2, 0) is 12.1 Å². The highest BCUT2D eigenvalue weighted by molar-refractivity contribution is 5.04. The maximum atomic E-state index is 4.42. The van der Waals surface area contributed by atoms with Gasteiger partial charge in [0.25, 0.3) is 0 Å². The third-order valence-corrected chi connectivity index (χ3v) is 3.57. The van der Waals surface area contributed by atoms with Crippen LogP contribution in [0.1, 0.15) is 32.8 Å². The van der Waals surface area contributed by atoms with Crippen molar-refractivity contribution < 1.29 is 0 Å². The highest BCUT2D eigenvalue weighted by atomic mass is 15.3. The molecule has 0 aromatic carbocycles. The summed E-state index contributed by atoms with van der Waals surface area (Å²) in [5, 5.41) is 7.97. The zero-order valence-corrected chi connectivity index (χ0v) is 12.1. The van der Waals surface area contributed by atoms with Gasteiger partial charge in [-0.25, -0.2) is 0 Å². The summed E-state index contributed by atoms with van der Waals surface area (Å²) < 4.78 is 2.04. The van der Waals surface area contributed by atoms with Crippen molar-refractivity contribution in [1.82, 2.24) is 20.0 Å². The zero-order chi connectivity index (χ0) is 13.2. The predicted octanol–water partition coefficient (Wildman–Crippen LogP) is 1.68. The van der Waals surface area contributed by atoms with Crippen LogP contribution in [0.4, 0.5) is 0 Å². The van der Waals surface area contributed by atoms with Crippen LogP contribution in [0.15, 0.2) is 12.4 Å². The first kappa shape index (κ1) is 13.6. The third kappa shape index (κ3) is 3.56. The molecule has 1 atom stereocenters. The molecule has 1 aliphatic rings. The van der Waals surface area contributed by atoms with E-state index in [1.807, 2.05) is 10.9 Å². The van der Waals surface area contributed by atoms with Gasteiger partial charge in [0.15, 0.2) is 0 Å². The van der Waals surface area contributed by atoms with E-state index in [0.29, 0.717) is 0 Å². The lowest BCUT2D eigenvalue weighted by Gasteiger charge is -2.18. The molecule has 1 fully saturated rings. The van der Waals surface area contributed by atoms with Crippen LogP contribution in [0, 0.1) is 5.92 Å². The maximum absolute atomic E-state index is 4.42. The van der Waals surface area contributed by atoms with Gasteiger partial charge in [-0.2, -0.15) is 5.10 Å². The van der Waals surface area contributed by atoms with Gasteiger partial charge < -0.3 is 10.2 Å². The van der Waals surface area contributed by atoms with Gasteiger partial charge in [-0.3, -0.25) is 4.68 Å². The normalized spacial score (nSPS) is 21.7. The fourth-order valence-electron chi connectivity index (χ4n) is 2.43. The number of likely N-dealkylation sites (tertiary alicyclic amines) is 1. The Bertz CT molecular complexity index is 377. The van der Waals surface area contributed by atoms with Crippen molar-refractivity contribution in [1.29, 1.82) is 0 Å². The Morgan fingerprint density at radius 2 is 2.22 bits per heavy atom. The van der Waals surface area contributed by atoms with Gasteiger partial charge in [-0.1, -0.05) is 0 Å². The Hall–Kier alpha value is -0.870. The molecule has 4 nitrogen and oxygen atoms in total. The minimum Gasteiger partial charge on any atom is -0.312 e. The molecule has 1 aromatic heterocycles. The Morgan fingerprint density at radius 3 is 2.78 bits per heavy atom. The van der Waals surface area contributed by atoms with Crippen molar-refractivity contribution in [2.45, 2.75) is 39.3 Å². The standard InChI is InChI=1S/C14H26N4/c1-14(2,3)18-11-13(9-16-18)8-15-7-12-5-6-17(4)10-12/h9,11-12,15H,5-8,10H2,1-4H3. The molecule has 1 aromatic rings. The van der Waals surface area contributed by atoms with Crippen molar-refractivity contribution in [2.75, 3.05) is 26.7 Å². The van der Waals surface area contributed by atoms with E-state index < -0.39 is 0 Å². The summed E-state index contributed by atoms with van der Waals surface area (Å²) in [6.45, 7) is 11.0. The van der Waals surface area contributed by atoms with Crippen LogP contribution in [0.25, 0.3) is 0 Å². The third-order valence-electron chi connectivity index (χ3n) is 3.57. The molecule has 0 amide bonds. The zero-order valence-electron chi connectivity index (χ0n) is 12.1. The van der Waals surface area contributed by atoms with Gasteiger partial charge in [0, 0.05) is 24.8 Å². The number of nitrogens with one attached hydrogen (secondary N) is 1. The number of rotatable bonds is 4. The van der Waals surface area contributed by atoms with E-state index in [0.717, 1.165) is 19.0 Å². The molecule has 0 aliphatic carbocycles. The summed E-state index contributed by atoms with van der Waals surface area (Å²) in [6.07, 6.45) is 5.44. The van der Waals surface area contributed by atoms with E-state index in [9.17, 15) is 0 Å². The summed E-state index contributed by atoms with van der Waals surface area (Å²) in [6, 6.07) is 0. The molecule has 0 radical (unpaired) electrons. The fourth-order valence-corrected chi connectivity index (χ4v) is 2.43. The minimum absolute atomic E-state index is 0.0758. The second-order valence-corrected chi connectivity index (χ2v) is 6.51. The lowest BCUT2D eigenvalue weighted by molar-refractivity contribution is 0.355. The van der Waals surface area contributed by atoms with Gasteiger partial charge in [-0.05, 0) is 53.2 Å². The van der Waals surface area contributed by atoms with Crippen LogP contribution in [-0.4, -0.2) is 41.4 Å². The summed E-state index contributed by atoms with van der Waals surface area (Å²) in [5.74, 6) is 0.813. The smallest absolute Gasteiger partial charge is 0.0543 e. The van der Waals surface area contributed by atoms with Crippen molar-refractivity contribution >= 4 is 0 Å². The summed E-state index contributed by atoms with van der Waals surface area (Å²) in [5.41, 5.74) is 1.35. The van der Waals surface area contributed by atoms with Crippen LogP contribution in [0.5, 0.6) is 0 Å². The molecule has 0 saturated carbocycles. The van der Waals surface area contributed by atoms with Gasteiger partial charge in [0.2, 0.25) is 0 Å². The van der Waals surface area contributed by atoms with Gasteiger partial charge in [0.1, 0.15) is 0 Å². The minimum atomic E-state index is 0.0758. The quantitative estimate of drug-likeness (QED) is 0.882. The van der Waals surface area contributed by atoms with Gasteiger partial charge >= 0.3 is 0 Å². The molecule has 1 unspecified atom stereocenters. The van der Waals surface area contributed by atoms with E-state index in [-0.39, 0.29) is 5.54 Å². The highest BCUT2D eigenvalue weighted by Crippen LogP contribution is 2.14. The van der Waals surface area contributed by atoms with Gasteiger partial charge in [0.05, 0.1) is 11.7 Å². The molecular formula is C14H26N4. The van der Waals surface area contributed by atoms with Crippen LogP contribution < -0.4 is 5.32 Å². The van der Waals surface area contributed by atoms with Crippen LogP contribution in [0.2, 0.25) is 0 Å². The summed E-state index contributed by atoms with van der Waals surface area (Å²) >= 11 is 0. The predicted molar refractivity (Wildman–Crippen MR) is 74.5 cm³/mol. The van der Waals surface area contributed by atoms with E-state index in [4.69, 9.17) is 0 Å². The molecule has 2 heterocycles. The molecule has 0 spiro atoms. The second-order valence-electron chi connectivity index (χ2n) is 6.51. The molecule has 1 aliphatic heterocycles. The topological polar surface area (TPSA) is 33.1 Å². The lowest BCUT2D eigenvalue weighted by atomic mass is 10.1. The Labute approximate surface area is 110 Å². The maximum Gasteiger partial charge on any atom is 0.0543 e. The van der Waals surface area contributed by atoms with Crippen molar-refractivity contribution in [2.24, 2.45) is 5.92 Å². The van der Waals surface area contributed by atoms with E-state index >= 15 is 0 Å². The molecule has 2 rings (SSSR count). The molecule has 4 heteroatoms. The molecular weight excluding hydrogens is 224 g/mol. The highest BCUT2D eigenvalue weighted by Gasteiger charge is 2.19. The van der Waals surface area contributed by atoms with Crippen molar-refractivity contribution in [3.63, 3.8) is 0 Å². The fraction of sp³-hybridized carbons (Fsp3) is 0.786. The SMILES string of the molecule is CN1CCC(CNCc2cnn(C(C)(C)C)c2)C1. The molecule has 0 bridgehead atoms. The average Bonchev–Trinajstić information content (AvgIpc) is 2.87. The van der Waals surface area contributed by atoms with E-state index in [1.165, 1.54) is 25.1 Å². The number of nitrogens with zero attached hydrogens (tertiary/aromatic N) is 3. The summed E-state index contributed by atoms with van der Waals surface area (Å²) in [7, 11) is 2.20. The second kappa shape index (κ2) is 5.41. The Morgan fingerprint density at radius 1 is 1.44 bits per heavy atom. The first-order chi connectivity index (χ1) is 8.45. The average molecular weight is 250 g/mol. The monoisotopic (exact) mass is 250 g/mol. The van der Waals surface area contributed by atoms with E-state index in [1.54, 1.807) is 0 Å². The largest absolute Gasteiger partial charge is 0.312 e. The first-order valence-electron chi connectivity index (χ1n) is 6.88. The number of hydrogen-bond donors (Lipinski definition) is 1. The molecule has 1 saturated heterocycles. The van der Waals surface area contributed by atoms with E-state index in [2.05, 4.69) is 49.3 Å². The molecule has 18 heavy (non-hydrogen) atoms. The number of aromatic nitrogens is 2. The summed E-state index contributed by atoms with van der Waals surface area (Å²) in [4.78, 5) is 2.41. The molecule has 1 N–H and O–H groups in total. The lowest BCUT2D eigenvalue weighted by Crippen LogP contribution is -2.25. The molecule has 102 valence electrons. The van der Waals surface area contributed by atoms with Crippen LogP contribution >= 0.6 is 0 Å². The van der Waals surface area contributed by atoms with Crippen LogP contribution in [0.3, 0.4) is 0 Å². The Kier molecular flexibility index (Phi) is 4.07. The van der Waals surface area contributed by atoms with Crippen molar-refractivity contribution in [3.05, 3.63) is 18.0 Å². The van der Waals surface area contributed by atoms with Crippen molar-refractivity contribution in [3.8, 4) is 0 Å². The Balaban J connectivity index is 1.75. The van der Waals surface area contributed by atoms with Gasteiger partial charge in [-0.15, -0.1) is 0 Å². The first-order valence-corrected chi connectivity index (χ1v) is 6.88. The number of hydrogen-bond acceptors (Lipinski definition) is 3.